The summed E-state index contributed by atoms with van der Waals surface area (Å²) in [4.78, 5) is 0. The zero-order valence-corrected chi connectivity index (χ0v) is 6.70. The van der Waals surface area contributed by atoms with Crippen molar-refractivity contribution in [1.82, 2.24) is 0 Å². The lowest BCUT2D eigenvalue weighted by Gasteiger charge is -2.07. The normalized spacial score (nSPS) is 12.8. The summed E-state index contributed by atoms with van der Waals surface area (Å²) in [5.74, 6) is 0. The minimum absolute atomic E-state index is 0.143. The van der Waals surface area contributed by atoms with Gasteiger partial charge >= 0.3 is 0 Å². The van der Waals surface area contributed by atoms with E-state index >= 15 is 0 Å². The van der Waals surface area contributed by atoms with Crippen molar-refractivity contribution >= 4 is 5.69 Å². The minimum Gasteiger partial charge on any atom is -0.399 e. The predicted molar refractivity (Wildman–Crippen MR) is 46.4 cm³/mol. The number of aliphatic hydroxyl groups is 1. The van der Waals surface area contributed by atoms with E-state index in [9.17, 15) is 9.50 Å². The lowest BCUT2D eigenvalue weighted by Crippen LogP contribution is -1.98. The molecule has 0 saturated carbocycles. The number of benzene rings is 1. The standard InChI is InChI=1S/C9H12FNO/c10-6-5-9(12)7-1-3-8(11)4-2-7/h1-4,9,12H,5-6,11H2. The second-order valence-corrected chi connectivity index (χ2v) is 2.66. The van der Waals surface area contributed by atoms with Crippen LogP contribution in [0.15, 0.2) is 24.3 Å². The summed E-state index contributed by atoms with van der Waals surface area (Å²) in [6, 6.07) is 6.79. The van der Waals surface area contributed by atoms with Crippen LogP contribution in [0.2, 0.25) is 0 Å². The molecule has 0 aromatic heterocycles. The minimum atomic E-state index is -0.712. The molecule has 12 heavy (non-hydrogen) atoms. The highest BCUT2D eigenvalue weighted by Crippen LogP contribution is 2.17. The van der Waals surface area contributed by atoms with E-state index in [1.54, 1.807) is 24.3 Å². The third-order valence-electron chi connectivity index (χ3n) is 1.70. The molecule has 0 amide bonds. The Balaban J connectivity index is 2.68. The molecule has 1 aromatic rings. The number of alkyl halides is 1. The van der Waals surface area contributed by atoms with E-state index in [-0.39, 0.29) is 6.42 Å². The summed E-state index contributed by atoms with van der Waals surface area (Å²) in [5.41, 5.74) is 6.80. The van der Waals surface area contributed by atoms with Gasteiger partial charge in [-0.05, 0) is 17.7 Å². The van der Waals surface area contributed by atoms with Gasteiger partial charge in [-0.25, -0.2) is 0 Å². The van der Waals surface area contributed by atoms with Gasteiger partial charge in [0.25, 0.3) is 0 Å². The first-order valence-electron chi connectivity index (χ1n) is 3.83. The highest BCUT2D eigenvalue weighted by atomic mass is 19.1. The molecule has 2 nitrogen and oxygen atoms in total. The van der Waals surface area contributed by atoms with Crippen LogP contribution in [-0.4, -0.2) is 11.8 Å². The van der Waals surface area contributed by atoms with Gasteiger partial charge in [-0.2, -0.15) is 0 Å². The molecule has 1 unspecified atom stereocenters. The van der Waals surface area contributed by atoms with Gasteiger partial charge in [0.15, 0.2) is 0 Å². The van der Waals surface area contributed by atoms with Crippen LogP contribution < -0.4 is 5.73 Å². The molecule has 3 N–H and O–H groups in total. The van der Waals surface area contributed by atoms with Gasteiger partial charge in [0, 0.05) is 12.1 Å². The number of halogens is 1. The average molecular weight is 169 g/mol. The number of rotatable bonds is 3. The van der Waals surface area contributed by atoms with Crippen molar-refractivity contribution in [2.45, 2.75) is 12.5 Å². The first-order valence-corrected chi connectivity index (χ1v) is 3.83. The van der Waals surface area contributed by atoms with Gasteiger partial charge < -0.3 is 10.8 Å². The van der Waals surface area contributed by atoms with E-state index in [1.807, 2.05) is 0 Å². The molecule has 1 atom stereocenters. The van der Waals surface area contributed by atoms with Crippen molar-refractivity contribution in [1.29, 1.82) is 0 Å². The van der Waals surface area contributed by atoms with Crippen molar-refractivity contribution in [3.63, 3.8) is 0 Å². The predicted octanol–water partition coefficient (Wildman–Crippen LogP) is 1.66. The number of anilines is 1. The monoisotopic (exact) mass is 169 g/mol. The van der Waals surface area contributed by atoms with E-state index < -0.39 is 12.8 Å². The van der Waals surface area contributed by atoms with Crippen molar-refractivity contribution in [2.75, 3.05) is 12.4 Å². The molecule has 0 aliphatic carbocycles. The zero-order chi connectivity index (χ0) is 8.97. The summed E-state index contributed by atoms with van der Waals surface area (Å²) < 4.78 is 11.8. The fourth-order valence-electron chi connectivity index (χ4n) is 0.988. The second kappa shape index (κ2) is 4.07. The molecule has 0 fully saturated rings. The maximum atomic E-state index is 11.8. The van der Waals surface area contributed by atoms with Crippen molar-refractivity contribution in [3.8, 4) is 0 Å². The number of hydrogen-bond donors (Lipinski definition) is 2. The van der Waals surface area contributed by atoms with Gasteiger partial charge in [-0.3, -0.25) is 4.39 Å². The topological polar surface area (TPSA) is 46.2 Å². The lowest BCUT2D eigenvalue weighted by atomic mass is 10.1. The van der Waals surface area contributed by atoms with Crippen LogP contribution in [0.4, 0.5) is 10.1 Å². The quantitative estimate of drug-likeness (QED) is 0.676. The number of aliphatic hydroxyl groups excluding tert-OH is 1. The molecule has 0 aliphatic heterocycles. The molecule has 0 aliphatic rings. The van der Waals surface area contributed by atoms with Crippen LogP contribution in [0.25, 0.3) is 0 Å². The van der Waals surface area contributed by atoms with E-state index in [1.165, 1.54) is 0 Å². The maximum absolute atomic E-state index is 11.8. The number of nitrogens with two attached hydrogens (primary N) is 1. The molecule has 0 radical (unpaired) electrons. The molecule has 1 rings (SSSR count). The summed E-state index contributed by atoms with van der Waals surface area (Å²) >= 11 is 0. The Morgan fingerprint density at radius 1 is 1.33 bits per heavy atom. The SMILES string of the molecule is Nc1ccc(C(O)CCF)cc1. The first-order chi connectivity index (χ1) is 5.74. The van der Waals surface area contributed by atoms with Crippen LogP contribution in [0.5, 0.6) is 0 Å². The Morgan fingerprint density at radius 3 is 2.42 bits per heavy atom. The largest absolute Gasteiger partial charge is 0.399 e. The van der Waals surface area contributed by atoms with Gasteiger partial charge in [0.1, 0.15) is 0 Å². The van der Waals surface area contributed by atoms with Crippen LogP contribution in [0, 0.1) is 0 Å². The van der Waals surface area contributed by atoms with Gasteiger partial charge in [-0.15, -0.1) is 0 Å². The lowest BCUT2D eigenvalue weighted by molar-refractivity contribution is 0.156. The van der Waals surface area contributed by atoms with Crippen molar-refractivity contribution in [3.05, 3.63) is 29.8 Å². The summed E-state index contributed by atoms with van der Waals surface area (Å²) in [7, 11) is 0. The highest BCUT2D eigenvalue weighted by molar-refractivity contribution is 5.39. The smallest absolute Gasteiger partial charge is 0.0922 e. The second-order valence-electron chi connectivity index (χ2n) is 2.66. The third-order valence-corrected chi connectivity index (χ3v) is 1.70. The van der Waals surface area contributed by atoms with Gasteiger partial charge in [0.2, 0.25) is 0 Å². The molecule has 0 spiro atoms. The number of nitrogen functional groups attached to an aromatic ring is 1. The highest BCUT2D eigenvalue weighted by Gasteiger charge is 2.05. The van der Waals surface area contributed by atoms with Crippen molar-refractivity contribution < 1.29 is 9.50 Å². The Kier molecular flexibility index (Phi) is 3.05. The van der Waals surface area contributed by atoms with E-state index in [0.717, 1.165) is 0 Å². The molecule has 3 heteroatoms. The summed E-state index contributed by atoms with van der Waals surface area (Å²) in [6.07, 6.45) is -0.570. The Labute approximate surface area is 70.8 Å². The molecule has 66 valence electrons. The molecular formula is C9H12FNO. The molecule has 0 saturated heterocycles. The fourth-order valence-corrected chi connectivity index (χ4v) is 0.988. The van der Waals surface area contributed by atoms with E-state index in [0.29, 0.717) is 11.3 Å². The Bertz CT molecular complexity index is 235. The van der Waals surface area contributed by atoms with Crippen LogP contribution >= 0.6 is 0 Å². The number of hydrogen-bond acceptors (Lipinski definition) is 2. The van der Waals surface area contributed by atoms with E-state index in [2.05, 4.69) is 0 Å². The fraction of sp³-hybridized carbons (Fsp3) is 0.333. The molecule has 1 aromatic carbocycles. The molecule has 0 bridgehead atoms. The first kappa shape index (κ1) is 9.00. The van der Waals surface area contributed by atoms with Crippen LogP contribution in [0.3, 0.4) is 0 Å². The zero-order valence-electron chi connectivity index (χ0n) is 6.70. The Hall–Kier alpha value is -1.09. The van der Waals surface area contributed by atoms with Gasteiger partial charge in [-0.1, -0.05) is 12.1 Å². The van der Waals surface area contributed by atoms with Crippen LogP contribution in [0.1, 0.15) is 18.1 Å². The summed E-state index contributed by atoms with van der Waals surface area (Å²) in [5, 5.41) is 9.33. The van der Waals surface area contributed by atoms with E-state index in [4.69, 9.17) is 5.73 Å². The third kappa shape index (κ3) is 2.20. The average Bonchev–Trinajstić information content (AvgIpc) is 2.06. The molecular weight excluding hydrogens is 157 g/mol. The maximum Gasteiger partial charge on any atom is 0.0922 e. The summed E-state index contributed by atoms with van der Waals surface area (Å²) in [6.45, 7) is -0.508. The van der Waals surface area contributed by atoms with Crippen molar-refractivity contribution in [2.24, 2.45) is 0 Å². The van der Waals surface area contributed by atoms with Gasteiger partial charge in [0.05, 0.1) is 12.8 Å². The molecule has 0 heterocycles. The Morgan fingerprint density at radius 2 is 1.92 bits per heavy atom. The van der Waals surface area contributed by atoms with Crippen LogP contribution in [-0.2, 0) is 0 Å².